The largest absolute Gasteiger partial charge is 0.349 e. The second-order valence-electron chi connectivity index (χ2n) is 5.89. The second kappa shape index (κ2) is 7.53. The molecule has 1 aliphatic carbocycles. The molecule has 0 fully saturated rings. The van der Waals surface area contributed by atoms with Gasteiger partial charge in [-0.3, -0.25) is 9.59 Å². The number of hydrogen-bond acceptors (Lipinski definition) is 5. The number of nitrogens with one attached hydrogen (secondary N) is 2. The Morgan fingerprint density at radius 3 is 2.79 bits per heavy atom. The summed E-state index contributed by atoms with van der Waals surface area (Å²) in [6.45, 7) is 1.82. The van der Waals surface area contributed by atoms with Crippen molar-refractivity contribution in [2.45, 2.75) is 45.1 Å². The summed E-state index contributed by atoms with van der Waals surface area (Å²) in [5, 5.41) is 14.7. The van der Waals surface area contributed by atoms with E-state index in [-0.39, 0.29) is 30.7 Å². The van der Waals surface area contributed by atoms with Gasteiger partial charge in [-0.25, -0.2) is 0 Å². The van der Waals surface area contributed by atoms with Crippen molar-refractivity contribution < 1.29 is 9.59 Å². The molecule has 6 nitrogen and oxygen atoms in total. The van der Waals surface area contributed by atoms with E-state index in [9.17, 15) is 9.59 Å². The number of carbonyl (C=O) groups is 2. The molecule has 1 atom stereocenters. The molecule has 0 saturated heterocycles. The Labute approximate surface area is 144 Å². The van der Waals surface area contributed by atoms with Crippen LogP contribution in [-0.2, 0) is 16.0 Å². The number of aryl methyl sites for hydroxylation is 2. The van der Waals surface area contributed by atoms with Crippen LogP contribution in [0, 0.1) is 6.92 Å². The van der Waals surface area contributed by atoms with Crippen LogP contribution in [0.5, 0.6) is 0 Å². The normalized spacial score (nSPS) is 16.3. The molecule has 2 N–H and O–H groups in total. The molecule has 0 saturated carbocycles. The number of rotatable bonds is 5. The summed E-state index contributed by atoms with van der Waals surface area (Å²) in [6.07, 6.45) is 3.38. The summed E-state index contributed by atoms with van der Waals surface area (Å²) >= 11 is 1.32. The highest BCUT2D eigenvalue weighted by Gasteiger charge is 2.21. The van der Waals surface area contributed by atoms with Crippen LogP contribution in [0.25, 0.3) is 0 Å². The van der Waals surface area contributed by atoms with Gasteiger partial charge in [0.1, 0.15) is 5.01 Å². The Balaban J connectivity index is 1.49. The summed E-state index contributed by atoms with van der Waals surface area (Å²) in [4.78, 5) is 24.0. The highest BCUT2D eigenvalue weighted by Crippen LogP contribution is 2.29. The van der Waals surface area contributed by atoms with E-state index in [0.717, 1.165) is 24.3 Å². The Kier molecular flexibility index (Phi) is 5.20. The van der Waals surface area contributed by atoms with Crippen LogP contribution in [-0.4, -0.2) is 22.0 Å². The minimum absolute atomic E-state index is 0.0522. The molecule has 1 aromatic heterocycles. The van der Waals surface area contributed by atoms with E-state index < -0.39 is 0 Å². The molecule has 1 aromatic carbocycles. The number of carbonyl (C=O) groups excluding carboxylic acids is 2. The number of anilines is 1. The van der Waals surface area contributed by atoms with E-state index in [2.05, 4.69) is 33.0 Å². The Hall–Kier alpha value is -2.28. The molecule has 24 heavy (non-hydrogen) atoms. The highest BCUT2D eigenvalue weighted by molar-refractivity contribution is 7.15. The lowest BCUT2D eigenvalue weighted by Gasteiger charge is -2.26. The lowest BCUT2D eigenvalue weighted by atomic mass is 9.87. The number of aromatic nitrogens is 2. The van der Waals surface area contributed by atoms with Gasteiger partial charge in [0.15, 0.2) is 0 Å². The molecule has 1 heterocycles. The van der Waals surface area contributed by atoms with Crippen LogP contribution >= 0.6 is 11.3 Å². The first-order chi connectivity index (χ1) is 11.6. The first-order valence-electron chi connectivity index (χ1n) is 8.09. The van der Waals surface area contributed by atoms with E-state index in [0.29, 0.717) is 5.13 Å². The topological polar surface area (TPSA) is 84.0 Å². The maximum atomic E-state index is 12.2. The van der Waals surface area contributed by atoms with Gasteiger partial charge in [0.05, 0.1) is 6.04 Å². The molecule has 126 valence electrons. The van der Waals surface area contributed by atoms with Gasteiger partial charge in [-0.1, -0.05) is 35.6 Å². The zero-order valence-electron chi connectivity index (χ0n) is 13.5. The van der Waals surface area contributed by atoms with Crippen molar-refractivity contribution >= 4 is 28.3 Å². The summed E-state index contributed by atoms with van der Waals surface area (Å²) in [7, 11) is 0. The van der Waals surface area contributed by atoms with Gasteiger partial charge < -0.3 is 10.6 Å². The van der Waals surface area contributed by atoms with Crippen molar-refractivity contribution in [3.8, 4) is 0 Å². The zero-order valence-corrected chi connectivity index (χ0v) is 14.4. The fourth-order valence-electron chi connectivity index (χ4n) is 2.93. The molecular weight excluding hydrogens is 324 g/mol. The van der Waals surface area contributed by atoms with Crippen LogP contribution in [0.4, 0.5) is 5.13 Å². The first-order valence-corrected chi connectivity index (χ1v) is 8.90. The molecule has 0 radical (unpaired) electrons. The van der Waals surface area contributed by atoms with Gasteiger partial charge >= 0.3 is 0 Å². The summed E-state index contributed by atoms with van der Waals surface area (Å²) < 4.78 is 0. The first kappa shape index (κ1) is 16.6. The standard InChI is InChI=1S/C17H20N4O2S/c1-11-20-21-17(24-11)19-16(23)10-9-15(22)18-14-8-4-6-12-5-2-3-7-13(12)14/h2-3,5,7,14H,4,6,8-10H2,1H3,(H,18,22)(H,19,21,23)/t14-/m0/s1. The molecule has 2 amide bonds. The minimum Gasteiger partial charge on any atom is -0.349 e. The molecular formula is C17H20N4O2S. The summed E-state index contributed by atoms with van der Waals surface area (Å²) in [6, 6.07) is 8.27. The van der Waals surface area contributed by atoms with E-state index in [1.54, 1.807) is 0 Å². The lowest BCUT2D eigenvalue weighted by Crippen LogP contribution is -2.31. The fourth-order valence-corrected chi connectivity index (χ4v) is 3.53. The van der Waals surface area contributed by atoms with Crippen LogP contribution in [0.3, 0.4) is 0 Å². The number of nitrogens with zero attached hydrogens (tertiary/aromatic N) is 2. The fraction of sp³-hybridized carbons (Fsp3) is 0.412. The molecule has 0 unspecified atom stereocenters. The number of benzene rings is 1. The Morgan fingerprint density at radius 1 is 1.21 bits per heavy atom. The number of amides is 2. The molecule has 2 aromatic rings. The van der Waals surface area contributed by atoms with E-state index >= 15 is 0 Å². The minimum atomic E-state index is -0.217. The average molecular weight is 344 g/mol. The van der Waals surface area contributed by atoms with E-state index in [1.807, 2.05) is 19.1 Å². The molecule has 0 aliphatic heterocycles. The molecule has 0 bridgehead atoms. The maximum absolute atomic E-state index is 12.2. The van der Waals surface area contributed by atoms with Crippen LogP contribution < -0.4 is 10.6 Å². The lowest BCUT2D eigenvalue weighted by molar-refractivity contribution is -0.125. The summed E-state index contributed by atoms with van der Waals surface area (Å²) in [5.41, 5.74) is 2.50. The smallest absolute Gasteiger partial charge is 0.226 e. The van der Waals surface area contributed by atoms with Crippen molar-refractivity contribution in [1.82, 2.24) is 15.5 Å². The predicted molar refractivity (Wildman–Crippen MR) is 92.8 cm³/mol. The zero-order chi connectivity index (χ0) is 16.9. The van der Waals surface area contributed by atoms with Crippen LogP contribution in [0.15, 0.2) is 24.3 Å². The van der Waals surface area contributed by atoms with Gasteiger partial charge in [0.25, 0.3) is 0 Å². The molecule has 1 aliphatic rings. The van der Waals surface area contributed by atoms with Crippen molar-refractivity contribution in [2.75, 3.05) is 5.32 Å². The van der Waals surface area contributed by atoms with Gasteiger partial charge in [0.2, 0.25) is 16.9 Å². The third-order valence-corrected chi connectivity index (χ3v) is 4.81. The van der Waals surface area contributed by atoms with Crippen molar-refractivity contribution in [1.29, 1.82) is 0 Å². The second-order valence-corrected chi connectivity index (χ2v) is 7.07. The quantitative estimate of drug-likeness (QED) is 0.873. The van der Waals surface area contributed by atoms with Crippen LogP contribution in [0.2, 0.25) is 0 Å². The molecule has 0 spiro atoms. The Morgan fingerprint density at radius 2 is 2.00 bits per heavy atom. The van der Waals surface area contributed by atoms with Crippen molar-refractivity contribution in [2.24, 2.45) is 0 Å². The van der Waals surface area contributed by atoms with Crippen molar-refractivity contribution in [3.63, 3.8) is 0 Å². The SMILES string of the molecule is Cc1nnc(NC(=O)CCC(=O)N[C@H]2CCCc3ccccc32)s1. The van der Waals surface area contributed by atoms with Gasteiger partial charge in [-0.2, -0.15) is 0 Å². The van der Waals surface area contributed by atoms with Gasteiger partial charge in [-0.15, -0.1) is 10.2 Å². The van der Waals surface area contributed by atoms with E-state index in [1.165, 1.54) is 22.5 Å². The third kappa shape index (κ3) is 4.17. The van der Waals surface area contributed by atoms with Crippen molar-refractivity contribution in [3.05, 3.63) is 40.4 Å². The van der Waals surface area contributed by atoms with Gasteiger partial charge in [0, 0.05) is 12.8 Å². The Bertz CT molecular complexity index is 744. The monoisotopic (exact) mass is 344 g/mol. The average Bonchev–Trinajstić information content (AvgIpc) is 2.98. The summed E-state index contributed by atoms with van der Waals surface area (Å²) in [5.74, 6) is -0.314. The number of fused-ring (bicyclic) bond motifs is 1. The maximum Gasteiger partial charge on any atom is 0.226 e. The number of hydrogen-bond donors (Lipinski definition) is 2. The molecule has 3 rings (SSSR count). The third-order valence-electron chi connectivity index (χ3n) is 4.06. The van der Waals surface area contributed by atoms with E-state index in [4.69, 9.17) is 0 Å². The highest BCUT2D eigenvalue weighted by atomic mass is 32.1. The molecule has 7 heteroatoms. The van der Waals surface area contributed by atoms with Gasteiger partial charge in [-0.05, 0) is 37.3 Å². The van der Waals surface area contributed by atoms with Crippen LogP contribution in [0.1, 0.15) is 47.9 Å². The predicted octanol–water partition coefficient (Wildman–Crippen LogP) is 2.76.